The molecule has 0 aliphatic carbocycles. The van der Waals surface area contributed by atoms with Crippen molar-refractivity contribution < 1.29 is 18.0 Å². The molecule has 0 bridgehead atoms. The minimum absolute atomic E-state index is 0. The fourth-order valence-corrected chi connectivity index (χ4v) is 3.22. The number of carbonyl (C=O) groups excluding carboxylic acids is 1. The quantitative estimate of drug-likeness (QED) is 0.227. The van der Waals surface area contributed by atoms with Gasteiger partial charge in [0.1, 0.15) is 0 Å². The minimum Gasteiger partial charge on any atom is -0.357 e. The molecule has 1 unspecified atom stereocenters. The number of nitrogens with one attached hydrogen (secondary N) is 3. The largest absolute Gasteiger partial charge is 0.416 e. The van der Waals surface area contributed by atoms with Crippen molar-refractivity contribution in [1.82, 2.24) is 10.6 Å². The Labute approximate surface area is 202 Å². The topological polar surface area (TPSA) is 65.5 Å². The second kappa shape index (κ2) is 11.8. The van der Waals surface area contributed by atoms with Crippen LogP contribution in [0, 0.1) is 11.8 Å². The van der Waals surface area contributed by atoms with E-state index in [0.717, 1.165) is 23.4 Å². The number of carbonyl (C=O) groups is 1. The van der Waals surface area contributed by atoms with Gasteiger partial charge in [-0.3, -0.25) is 9.79 Å². The maximum Gasteiger partial charge on any atom is 0.416 e. The molecule has 170 valence electrons. The lowest BCUT2D eigenvalue weighted by Gasteiger charge is -2.24. The molecule has 1 atom stereocenters. The molecule has 0 saturated carbocycles. The van der Waals surface area contributed by atoms with Gasteiger partial charge in [-0.05, 0) is 42.8 Å². The molecule has 0 aromatic heterocycles. The molecule has 32 heavy (non-hydrogen) atoms. The third kappa shape index (κ3) is 7.15. The summed E-state index contributed by atoms with van der Waals surface area (Å²) in [6.45, 7) is 3.30. The molecule has 0 fully saturated rings. The molecular weight excluding hydrogens is 532 g/mol. The third-order valence-electron chi connectivity index (χ3n) is 4.71. The summed E-state index contributed by atoms with van der Waals surface area (Å²) in [5.74, 6) is 6.23. The zero-order valence-corrected chi connectivity index (χ0v) is 19.8. The van der Waals surface area contributed by atoms with Crippen molar-refractivity contribution in [2.75, 3.05) is 25.0 Å². The van der Waals surface area contributed by atoms with Gasteiger partial charge in [0, 0.05) is 30.1 Å². The number of anilines is 1. The van der Waals surface area contributed by atoms with Gasteiger partial charge in [-0.15, -0.1) is 24.0 Å². The third-order valence-corrected chi connectivity index (χ3v) is 4.71. The monoisotopic (exact) mass is 556 g/mol. The van der Waals surface area contributed by atoms with E-state index >= 15 is 0 Å². The van der Waals surface area contributed by atoms with E-state index in [1.807, 2.05) is 31.2 Å². The highest BCUT2D eigenvalue weighted by Gasteiger charge is 2.29. The lowest BCUT2D eigenvalue weighted by atomic mass is 9.91. The molecule has 9 heteroatoms. The van der Waals surface area contributed by atoms with E-state index in [4.69, 9.17) is 0 Å². The van der Waals surface area contributed by atoms with Crippen LogP contribution in [0.25, 0.3) is 0 Å². The van der Waals surface area contributed by atoms with Gasteiger partial charge in [0.25, 0.3) is 0 Å². The van der Waals surface area contributed by atoms with Gasteiger partial charge in [-0.25, -0.2) is 0 Å². The molecule has 1 amide bonds. The Morgan fingerprint density at radius 1 is 1.16 bits per heavy atom. The fourth-order valence-electron chi connectivity index (χ4n) is 3.22. The molecule has 2 aromatic carbocycles. The van der Waals surface area contributed by atoms with Crippen molar-refractivity contribution in [3.8, 4) is 11.8 Å². The molecule has 0 spiro atoms. The first kappa shape index (κ1) is 25.5. The highest BCUT2D eigenvalue weighted by molar-refractivity contribution is 14.0. The Balaban J connectivity index is 0.00000363. The second-order valence-corrected chi connectivity index (χ2v) is 6.99. The number of nitrogens with zero attached hydrogens (tertiary/aromatic N) is 1. The van der Waals surface area contributed by atoms with Crippen molar-refractivity contribution >= 4 is 41.5 Å². The van der Waals surface area contributed by atoms with Crippen LogP contribution in [0.1, 0.15) is 36.0 Å². The minimum atomic E-state index is -4.36. The van der Waals surface area contributed by atoms with E-state index in [2.05, 4.69) is 32.8 Å². The molecule has 1 heterocycles. The predicted molar refractivity (Wildman–Crippen MR) is 130 cm³/mol. The summed E-state index contributed by atoms with van der Waals surface area (Å²) in [7, 11) is 0. The van der Waals surface area contributed by atoms with Gasteiger partial charge in [0.05, 0.1) is 18.7 Å². The molecule has 3 rings (SSSR count). The second-order valence-electron chi connectivity index (χ2n) is 6.99. The smallest absolute Gasteiger partial charge is 0.357 e. The van der Waals surface area contributed by atoms with Crippen molar-refractivity contribution in [3.63, 3.8) is 0 Å². The Hall–Kier alpha value is -2.74. The van der Waals surface area contributed by atoms with Gasteiger partial charge in [0.15, 0.2) is 5.96 Å². The normalized spacial score (nSPS) is 15.4. The van der Waals surface area contributed by atoms with Gasteiger partial charge in [0.2, 0.25) is 5.91 Å². The number of aliphatic imine (C=N–C) groups is 1. The molecule has 1 aliphatic heterocycles. The summed E-state index contributed by atoms with van der Waals surface area (Å²) < 4.78 is 37.8. The van der Waals surface area contributed by atoms with Crippen LogP contribution in [-0.2, 0) is 11.0 Å². The van der Waals surface area contributed by atoms with Crippen LogP contribution in [0.3, 0.4) is 0 Å². The van der Waals surface area contributed by atoms with Gasteiger partial charge >= 0.3 is 6.18 Å². The van der Waals surface area contributed by atoms with E-state index in [1.165, 1.54) is 12.1 Å². The number of guanidine groups is 1. The van der Waals surface area contributed by atoms with Crippen LogP contribution in [0.5, 0.6) is 0 Å². The number of benzene rings is 2. The van der Waals surface area contributed by atoms with Gasteiger partial charge in [-0.1, -0.05) is 30.0 Å². The van der Waals surface area contributed by atoms with Crippen molar-refractivity contribution in [2.24, 2.45) is 4.99 Å². The molecule has 3 N–H and O–H groups in total. The highest BCUT2D eigenvalue weighted by atomic mass is 127. The van der Waals surface area contributed by atoms with E-state index < -0.39 is 11.7 Å². The number of hydrogen-bond acceptors (Lipinski definition) is 2. The summed E-state index contributed by atoms with van der Waals surface area (Å²) >= 11 is 0. The fraction of sp³-hybridized carbons (Fsp3) is 0.304. The molecular formula is C23H24F3IN4O. The number of hydrogen-bond donors (Lipinski definition) is 3. The number of fused-ring (bicyclic) bond motifs is 1. The summed E-state index contributed by atoms with van der Waals surface area (Å²) in [5, 5.41) is 9.08. The van der Waals surface area contributed by atoms with Crippen molar-refractivity contribution in [1.29, 1.82) is 0 Å². The van der Waals surface area contributed by atoms with Crippen LogP contribution in [0.4, 0.5) is 18.9 Å². The molecule has 5 nitrogen and oxygen atoms in total. The molecule has 0 saturated heterocycles. The predicted octanol–water partition coefficient (Wildman–Crippen LogP) is 4.36. The Bertz CT molecular complexity index is 1010. The Kier molecular flexibility index (Phi) is 9.38. The first-order chi connectivity index (χ1) is 14.9. The maximum atomic E-state index is 12.6. The van der Waals surface area contributed by atoms with E-state index in [1.54, 1.807) is 0 Å². The highest BCUT2D eigenvalue weighted by Crippen LogP contribution is 2.32. The van der Waals surface area contributed by atoms with Crippen LogP contribution < -0.4 is 16.0 Å². The summed E-state index contributed by atoms with van der Waals surface area (Å²) in [6, 6.07) is 12.4. The average molecular weight is 556 g/mol. The number of alkyl halides is 3. The zero-order chi connectivity index (χ0) is 22.3. The summed E-state index contributed by atoms with van der Waals surface area (Å²) in [6.07, 6.45) is -3.99. The summed E-state index contributed by atoms with van der Waals surface area (Å²) in [4.78, 5) is 16.5. The van der Waals surface area contributed by atoms with Crippen LogP contribution in [0.2, 0.25) is 0 Å². The van der Waals surface area contributed by atoms with E-state index in [9.17, 15) is 18.0 Å². The summed E-state index contributed by atoms with van der Waals surface area (Å²) in [5.41, 5.74) is 1.68. The molecule has 1 aliphatic rings. The number of rotatable bonds is 4. The number of para-hydroxylation sites is 1. The Morgan fingerprint density at radius 2 is 1.88 bits per heavy atom. The number of amides is 1. The van der Waals surface area contributed by atoms with Crippen molar-refractivity contribution in [2.45, 2.75) is 25.4 Å². The van der Waals surface area contributed by atoms with Crippen LogP contribution >= 0.6 is 24.0 Å². The standard InChI is InChI=1S/C23H23F3N4O.HI/c1-2-27-22(28-13-5-6-16-9-11-18(12-10-16)23(24,25)26)29-15-17-14-21(31)30-20-8-4-3-7-19(17)20;/h3-4,7-12,17H,2,13-15H2,1H3,(H,30,31)(H2,27,28,29);1H. The van der Waals surface area contributed by atoms with E-state index in [-0.39, 0.29) is 42.3 Å². The molecule has 0 radical (unpaired) electrons. The lowest BCUT2D eigenvalue weighted by Crippen LogP contribution is -2.38. The zero-order valence-electron chi connectivity index (χ0n) is 17.4. The van der Waals surface area contributed by atoms with Crippen LogP contribution in [-0.4, -0.2) is 31.5 Å². The van der Waals surface area contributed by atoms with Crippen molar-refractivity contribution in [3.05, 3.63) is 65.2 Å². The first-order valence-corrected chi connectivity index (χ1v) is 9.94. The average Bonchev–Trinajstić information content (AvgIpc) is 2.74. The van der Waals surface area contributed by atoms with Crippen LogP contribution in [0.15, 0.2) is 53.5 Å². The number of halogens is 4. The molecule has 2 aromatic rings. The van der Waals surface area contributed by atoms with Gasteiger partial charge in [-0.2, -0.15) is 13.2 Å². The van der Waals surface area contributed by atoms with E-state index in [0.29, 0.717) is 31.0 Å². The lowest BCUT2D eigenvalue weighted by molar-refractivity contribution is -0.137. The first-order valence-electron chi connectivity index (χ1n) is 9.94. The Morgan fingerprint density at radius 3 is 2.56 bits per heavy atom. The SMILES string of the molecule is CCNC(=NCC1CC(=O)Nc2ccccc21)NCC#Cc1ccc(C(F)(F)F)cc1.I. The van der Waals surface area contributed by atoms with Gasteiger partial charge < -0.3 is 16.0 Å². The maximum absolute atomic E-state index is 12.6.